The lowest BCUT2D eigenvalue weighted by molar-refractivity contribution is -0.142. The molecule has 3 rings (SSSR count). The van der Waals surface area contributed by atoms with Gasteiger partial charge in [0, 0.05) is 12.3 Å². The zero-order chi connectivity index (χ0) is 26.0. The fourth-order valence-electron chi connectivity index (χ4n) is 3.35. The topological polar surface area (TPSA) is 158 Å². The molecule has 1 saturated heterocycles. The van der Waals surface area contributed by atoms with Gasteiger partial charge in [0.2, 0.25) is 6.23 Å². The van der Waals surface area contributed by atoms with Crippen molar-refractivity contribution < 1.29 is 41.8 Å². The third-order valence-electron chi connectivity index (χ3n) is 5.07. The molecule has 1 aromatic carbocycles. The molecule has 1 aliphatic heterocycles. The van der Waals surface area contributed by atoms with Gasteiger partial charge in [0.1, 0.15) is 17.9 Å². The van der Waals surface area contributed by atoms with Gasteiger partial charge in [0.05, 0.1) is 13.2 Å². The zero-order valence-corrected chi connectivity index (χ0v) is 19.7. The summed E-state index contributed by atoms with van der Waals surface area (Å²) in [6.45, 7) is 2.50. The van der Waals surface area contributed by atoms with Crippen molar-refractivity contribution in [1.29, 1.82) is 0 Å². The minimum absolute atomic E-state index is 0.0727. The normalized spacial score (nSPS) is 24.8. The number of halogens is 2. The number of nitrogens with one attached hydrogen (secondary N) is 2. The summed E-state index contributed by atoms with van der Waals surface area (Å²) >= 11 is 0. The molecule has 2 aromatic rings. The monoisotopic (exact) mass is 519 g/mol. The molecule has 0 bridgehead atoms. The van der Waals surface area contributed by atoms with Gasteiger partial charge in [-0.3, -0.25) is 23.7 Å². The van der Waals surface area contributed by atoms with Crippen LogP contribution in [0.4, 0.5) is 8.78 Å². The largest absolute Gasteiger partial charge is 0.468 e. The number of methoxy groups -OCH3 is 1. The molecule has 0 saturated carbocycles. The lowest BCUT2D eigenvalue weighted by Crippen LogP contribution is -2.44. The van der Waals surface area contributed by atoms with Crippen molar-refractivity contribution in [2.75, 3.05) is 7.11 Å². The molecule has 2 heterocycles. The summed E-state index contributed by atoms with van der Waals surface area (Å²) in [5, 5.41) is 12.6. The number of aliphatic hydroxyl groups is 1. The molecule has 0 spiro atoms. The molecule has 15 heteroatoms. The maximum Gasteiger partial charge on any atom is 0.459 e. The first-order valence-electron chi connectivity index (χ1n) is 10.3. The molecule has 1 aromatic heterocycles. The van der Waals surface area contributed by atoms with E-state index >= 15 is 0 Å². The molecule has 0 aliphatic carbocycles. The number of alkyl halides is 2. The summed E-state index contributed by atoms with van der Waals surface area (Å²) in [5.41, 5.74) is -2.00. The number of hydrogen-bond acceptors (Lipinski definition) is 9. The van der Waals surface area contributed by atoms with Crippen molar-refractivity contribution in [1.82, 2.24) is 14.6 Å². The second kappa shape index (κ2) is 10.4. The molecule has 3 N–H and O–H groups in total. The number of para-hydroxylation sites is 1. The Labute approximate surface area is 197 Å². The van der Waals surface area contributed by atoms with E-state index in [9.17, 15) is 32.8 Å². The van der Waals surface area contributed by atoms with Crippen molar-refractivity contribution in [2.45, 2.75) is 50.4 Å². The van der Waals surface area contributed by atoms with Gasteiger partial charge in [-0.2, -0.15) is 13.9 Å². The number of rotatable bonds is 9. The van der Waals surface area contributed by atoms with E-state index in [-0.39, 0.29) is 5.75 Å². The molecule has 1 unspecified atom stereocenters. The van der Waals surface area contributed by atoms with E-state index in [1.54, 1.807) is 18.2 Å². The van der Waals surface area contributed by atoms with Crippen LogP contribution in [-0.4, -0.2) is 58.0 Å². The van der Waals surface area contributed by atoms with Crippen LogP contribution in [0.2, 0.25) is 0 Å². The van der Waals surface area contributed by atoms with Gasteiger partial charge in [0.25, 0.3) is 5.56 Å². The minimum atomic E-state index is -4.45. The number of aliphatic hydroxyl groups excluding tert-OH is 1. The zero-order valence-electron chi connectivity index (χ0n) is 18.8. The molecule has 6 atom stereocenters. The molecule has 35 heavy (non-hydrogen) atoms. The average molecular weight is 519 g/mol. The second-order valence-electron chi connectivity index (χ2n) is 7.68. The Morgan fingerprint density at radius 2 is 1.91 bits per heavy atom. The molecule has 12 nitrogen and oxygen atoms in total. The second-order valence-corrected chi connectivity index (χ2v) is 9.32. The number of carbonyl (C=O) groups excluding carboxylic acids is 1. The molecular formula is C20H24F2N3O9P. The highest BCUT2D eigenvalue weighted by molar-refractivity contribution is 7.52. The standard InChI is InChI=1S/C20H24F2N3O9P/c1-11(17(28)31-3)24-35(30,34-13-7-5-4-6-8-13)33-12(2)15-16(27)20(21,22)18(32-15)25-10-9-14(26)23-19(25)29/h4-12,15-16,18,27H,1-3H3,(H,24,30)(H,23,26,29)/t11-,12-,15+,16+,18+,35?/m0/s1. The molecular weight excluding hydrogens is 495 g/mol. The van der Waals surface area contributed by atoms with Gasteiger partial charge in [-0.05, 0) is 26.0 Å². The predicted octanol–water partition coefficient (Wildman–Crippen LogP) is 1.17. The van der Waals surface area contributed by atoms with Crippen molar-refractivity contribution in [2.24, 2.45) is 0 Å². The summed E-state index contributed by atoms with van der Waals surface area (Å²) < 4.78 is 64.3. The Bertz CT molecular complexity index is 1210. The molecule has 1 aliphatic rings. The number of aromatic amines is 1. The fourth-order valence-corrected chi connectivity index (χ4v) is 5.05. The number of H-pyrrole nitrogens is 1. The summed E-state index contributed by atoms with van der Waals surface area (Å²) in [6, 6.07) is 7.34. The Kier molecular flexibility index (Phi) is 7.92. The molecule has 0 amide bonds. The van der Waals surface area contributed by atoms with Gasteiger partial charge >= 0.3 is 25.3 Å². The Hall–Kier alpha value is -2.90. The first-order chi connectivity index (χ1) is 16.4. The highest BCUT2D eigenvalue weighted by atomic mass is 31.2. The van der Waals surface area contributed by atoms with Crippen LogP contribution in [0, 0.1) is 0 Å². The van der Waals surface area contributed by atoms with Crippen molar-refractivity contribution in [3.63, 3.8) is 0 Å². The van der Waals surface area contributed by atoms with Gasteiger partial charge in [-0.1, -0.05) is 18.2 Å². The molecule has 192 valence electrons. The van der Waals surface area contributed by atoms with Crippen molar-refractivity contribution >= 4 is 13.7 Å². The summed E-state index contributed by atoms with van der Waals surface area (Å²) in [6.07, 6.45) is -7.30. The quantitative estimate of drug-likeness (QED) is 0.324. The van der Waals surface area contributed by atoms with Crippen LogP contribution < -0.4 is 20.9 Å². The van der Waals surface area contributed by atoms with Crippen LogP contribution in [0.15, 0.2) is 52.2 Å². The third-order valence-corrected chi connectivity index (χ3v) is 6.83. The van der Waals surface area contributed by atoms with Crippen LogP contribution in [-0.2, 0) is 23.4 Å². The lowest BCUT2D eigenvalue weighted by Gasteiger charge is -2.28. The summed E-state index contributed by atoms with van der Waals surface area (Å²) in [7, 11) is -3.34. The molecule has 1 fully saturated rings. The van der Waals surface area contributed by atoms with Crippen LogP contribution in [0.3, 0.4) is 0 Å². The maximum absolute atomic E-state index is 14.9. The average Bonchev–Trinajstić information content (AvgIpc) is 3.02. The number of carbonyl (C=O) groups is 1. The highest BCUT2D eigenvalue weighted by Gasteiger charge is 2.61. The van der Waals surface area contributed by atoms with Crippen LogP contribution >= 0.6 is 7.75 Å². The first kappa shape index (κ1) is 26.7. The van der Waals surface area contributed by atoms with E-state index in [0.29, 0.717) is 4.57 Å². The van der Waals surface area contributed by atoms with E-state index in [1.165, 1.54) is 26.0 Å². The van der Waals surface area contributed by atoms with E-state index in [2.05, 4.69) is 9.82 Å². The van der Waals surface area contributed by atoms with Gasteiger partial charge in [-0.25, -0.2) is 9.36 Å². The van der Waals surface area contributed by atoms with Crippen molar-refractivity contribution in [3.8, 4) is 5.75 Å². The van der Waals surface area contributed by atoms with Crippen LogP contribution in [0.25, 0.3) is 0 Å². The Balaban J connectivity index is 1.87. The lowest BCUT2D eigenvalue weighted by atomic mass is 10.1. The fraction of sp³-hybridized carbons (Fsp3) is 0.450. The van der Waals surface area contributed by atoms with Gasteiger partial charge < -0.3 is 19.1 Å². The Morgan fingerprint density at radius 1 is 1.26 bits per heavy atom. The number of esters is 1. The number of hydrogen-bond donors (Lipinski definition) is 3. The minimum Gasteiger partial charge on any atom is -0.468 e. The molecule has 0 radical (unpaired) electrons. The third kappa shape index (κ3) is 5.85. The maximum atomic E-state index is 14.9. The van der Waals surface area contributed by atoms with E-state index in [1.807, 2.05) is 4.98 Å². The number of aromatic nitrogens is 2. The number of ether oxygens (including phenoxy) is 2. The number of benzene rings is 1. The van der Waals surface area contributed by atoms with E-state index in [4.69, 9.17) is 13.8 Å². The highest BCUT2D eigenvalue weighted by Crippen LogP contribution is 2.50. The number of nitrogens with zero attached hydrogens (tertiary/aromatic N) is 1. The van der Waals surface area contributed by atoms with Crippen molar-refractivity contribution in [3.05, 3.63) is 63.4 Å². The smallest absolute Gasteiger partial charge is 0.459 e. The van der Waals surface area contributed by atoms with E-state index in [0.717, 1.165) is 19.4 Å². The summed E-state index contributed by atoms with van der Waals surface area (Å²) in [5.74, 6) is -4.73. The predicted molar refractivity (Wildman–Crippen MR) is 116 cm³/mol. The van der Waals surface area contributed by atoms with Crippen LogP contribution in [0.5, 0.6) is 5.75 Å². The SMILES string of the molecule is COC(=O)[C@H](C)NP(=O)(Oc1ccccc1)O[C@@H](C)[C@H]1O[C@@H](n2ccc(=O)[nH]c2=O)C(F)(F)[C@@H]1O. The van der Waals surface area contributed by atoms with Crippen LogP contribution in [0.1, 0.15) is 20.1 Å². The van der Waals surface area contributed by atoms with Gasteiger partial charge in [0.15, 0.2) is 6.10 Å². The van der Waals surface area contributed by atoms with Gasteiger partial charge in [-0.15, -0.1) is 0 Å². The summed E-state index contributed by atoms with van der Waals surface area (Å²) in [4.78, 5) is 36.9. The first-order valence-corrected chi connectivity index (χ1v) is 11.8. The van der Waals surface area contributed by atoms with E-state index < -0.39 is 61.5 Å². The Morgan fingerprint density at radius 3 is 2.51 bits per heavy atom.